The molecule has 0 saturated carbocycles. The molecule has 2 heterocycles. The molecular formula is C31H32N2O4. The lowest BCUT2D eigenvalue weighted by Gasteiger charge is -2.27. The Balaban J connectivity index is 1.55. The molecule has 4 atom stereocenters. The topological polar surface area (TPSA) is 68.2 Å². The molecule has 6 nitrogen and oxygen atoms in total. The van der Waals surface area contributed by atoms with Gasteiger partial charge in [0.25, 0.3) is 0 Å². The Morgan fingerprint density at radius 2 is 1.46 bits per heavy atom. The Bertz CT molecular complexity index is 1230. The summed E-state index contributed by atoms with van der Waals surface area (Å²) < 4.78 is 11.8. The van der Waals surface area contributed by atoms with E-state index in [9.17, 15) is 9.59 Å². The number of amides is 1. The zero-order valence-corrected chi connectivity index (χ0v) is 21.4. The van der Waals surface area contributed by atoms with Crippen LogP contribution in [0.3, 0.4) is 0 Å². The van der Waals surface area contributed by atoms with Gasteiger partial charge in [0.15, 0.2) is 12.3 Å². The zero-order valence-electron chi connectivity index (χ0n) is 21.4. The number of ether oxygens (including phenoxy) is 2. The Morgan fingerprint density at radius 3 is 2.00 bits per heavy atom. The Morgan fingerprint density at radius 1 is 0.919 bits per heavy atom. The lowest BCUT2D eigenvalue weighted by molar-refractivity contribution is -0.160. The second-order valence-electron chi connectivity index (χ2n) is 10.5. The number of esters is 1. The van der Waals surface area contributed by atoms with Gasteiger partial charge in [-0.2, -0.15) is 0 Å². The fraction of sp³-hybridized carbons (Fsp3) is 0.323. The van der Waals surface area contributed by atoms with E-state index in [-0.39, 0.29) is 11.9 Å². The predicted octanol–water partition coefficient (Wildman–Crippen LogP) is 5.18. The van der Waals surface area contributed by atoms with E-state index < -0.39 is 29.8 Å². The van der Waals surface area contributed by atoms with Crippen LogP contribution in [0.15, 0.2) is 96.0 Å². The summed E-state index contributed by atoms with van der Waals surface area (Å²) in [5, 5.41) is 0. The first-order valence-electron chi connectivity index (χ1n) is 12.7. The molecule has 6 heteroatoms. The summed E-state index contributed by atoms with van der Waals surface area (Å²) in [6.07, 6.45) is 0.0154. The second kappa shape index (κ2) is 10.3. The molecule has 3 aromatic carbocycles. The molecule has 190 valence electrons. The van der Waals surface area contributed by atoms with Gasteiger partial charge in [-0.3, -0.25) is 9.79 Å². The third-order valence-corrected chi connectivity index (χ3v) is 6.67. The van der Waals surface area contributed by atoms with E-state index in [4.69, 9.17) is 14.5 Å². The van der Waals surface area contributed by atoms with Gasteiger partial charge in [0.1, 0.15) is 5.60 Å². The largest absolute Gasteiger partial charge is 0.458 e. The molecular weight excluding hydrogens is 464 g/mol. The van der Waals surface area contributed by atoms with E-state index in [0.29, 0.717) is 18.7 Å². The van der Waals surface area contributed by atoms with Crippen LogP contribution in [-0.4, -0.2) is 46.8 Å². The van der Waals surface area contributed by atoms with Crippen molar-refractivity contribution in [2.24, 2.45) is 10.9 Å². The Labute approximate surface area is 217 Å². The normalized spacial score (nSPS) is 21.9. The molecule has 0 unspecified atom stereocenters. The Hall–Kier alpha value is -3.77. The number of aliphatic imine (C=N–C) groups is 1. The first kappa shape index (κ1) is 24.9. The highest BCUT2D eigenvalue weighted by atomic mass is 16.6. The van der Waals surface area contributed by atoms with Crippen LogP contribution in [0.25, 0.3) is 0 Å². The molecule has 37 heavy (non-hydrogen) atoms. The highest BCUT2D eigenvalue weighted by Crippen LogP contribution is 2.41. The highest BCUT2D eigenvalue weighted by molar-refractivity contribution is 6.13. The summed E-state index contributed by atoms with van der Waals surface area (Å²) in [6.45, 7) is 5.91. The average molecular weight is 497 g/mol. The Kier molecular flexibility index (Phi) is 6.94. The molecule has 0 bridgehead atoms. The lowest BCUT2D eigenvalue weighted by atomic mass is 9.94. The minimum atomic E-state index is -0.982. The number of rotatable bonds is 6. The summed E-state index contributed by atoms with van der Waals surface area (Å²) >= 11 is 0. The molecule has 2 aliphatic rings. The SMILES string of the molecule is CC(C)(C)OC(=O)[C@@H](N=C(c1ccccc1)c1ccccc1)[C@H]1C[C@H]2CO[C@H](c3ccccc3)N2C1=O. The summed E-state index contributed by atoms with van der Waals surface area (Å²) in [5.74, 6) is -1.26. The lowest BCUT2D eigenvalue weighted by Crippen LogP contribution is -2.40. The number of hydrogen-bond acceptors (Lipinski definition) is 5. The molecule has 0 N–H and O–H groups in total. The average Bonchev–Trinajstić information content (AvgIpc) is 3.45. The van der Waals surface area contributed by atoms with Crippen molar-refractivity contribution < 1.29 is 19.1 Å². The van der Waals surface area contributed by atoms with Gasteiger partial charge in [-0.25, -0.2) is 4.79 Å². The number of benzene rings is 3. The van der Waals surface area contributed by atoms with E-state index in [2.05, 4.69) is 0 Å². The van der Waals surface area contributed by atoms with Crippen molar-refractivity contribution in [2.75, 3.05) is 6.61 Å². The van der Waals surface area contributed by atoms with Gasteiger partial charge in [-0.05, 0) is 27.2 Å². The standard InChI is InChI=1S/C31H32N2O4/c1-31(2,3)37-30(35)27(32-26(21-13-7-4-8-14-21)22-15-9-5-10-16-22)25-19-24-20-36-29(33(24)28(25)34)23-17-11-6-12-18-23/h4-18,24-25,27,29H,19-20H2,1-3H3/t24-,25+,27-,29+/m0/s1. The van der Waals surface area contributed by atoms with Crippen LogP contribution in [-0.2, 0) is 19.1 Å². The van der Waals surface area contributed by atoms with Gasteiger partial charge in [0.05, 0.1) is 24.3 Å². The van der Waals surface area contributed by atoms with Crippen LogP contribution >= 0.6 is 0 Å². The van der Waals surface area contributed by atoms with Crippen LogP contribution in [0.5, 0.6) is 0 Å². The molecule has 3 aromatic rings. The van der Waals surface area contributed by atoms with Crippen LogP contribution in [0, 0.1) is 5.92 Å². The van der Waals surface area contributed by atoms with Gasteiger partial charge in [0, 0.05) is 16.7 Å². The zero-order chi connectivity index (χ0) is 26.0. The van der Waals surface area contributed by atoms with E-state index in [1.807, 2.05) is 112 Å². The molecule has 0 aliphatic carbocycles. The molecule has 0 radical (unpaired) electrons. The van der Waals surface area contributed by atoms with Gasteiger partial charge >= 0.3 is 5.97 Å². The molecule has 1 amide bonds. The summed E-state index contributed by atoms with van der Waals surface area (Å²) in [7, 11) is 0. The fourth-order valence-corrected chi connectivity index (χ4v) is 5.07. The number of hydrogen-bond donors (Lipinski definition) is 0. The quantitative estimate of drug-likeness (QED) is 0.348. The molecule has 2 aliphatic heterocycles. The van der Waals surface area contributed by atoms with Gasteiger partial charge < -0.3 is 14.4 Å². The molecule has 2 saturated heterocycles. The minimum absolute atomic E-state index is 0.111. The number of fused-ring (bicyclic) bond motifs is 1. The van der Waals surface area contributed by atoms with Crippen molar-refractivity contribution in [1.82, 2.24) is 4.90 Å². The third-order valence-electron chi connectivity index (χ3n) is 6.67. The van der Waals surface area contributed by atoms with E-state index >= 15 is 0 Å². The maximum absolute atomic E-state index is 13.9. The summed E-state index contributed by atoms with van der Waals surface area (Å²) in [4.78, 5) is 34.3. The van der Waals surface area contributed by atoms with E-state index in [0.717, 1.165) is 16.7 Å². The maximum atomic E-state index is 13.9. The van der Waals surface area contributed by atoms with Gasteiger partial charge in [-0.1, -0.05) is 91.0 Å². The molecule has 5 rings (SSSR count). The molecule has 2 fully saturated rings. The highest BCUT2D eigenvalue weighted by Gasteiger charge is 2.52. The number of carbonyl (C=O) groups is 2. The van der Waals surface area contributed by atoms with Crippen LogP contribution in [0.1, 0.15) is 50.1 Å². The third kappa shape index (κ3) is 5.35. The smallest absolute Gasteiger partial charge is 0.332 e. The van der Waals surface area contributed by atoms with Crippen LogP contribution < -0.4 is 0 Å². The maximum Gasteiger partial charge on any atom is 0.332 e. The van der Waals surface area contributed by atoms with Crippen molar-refractivity contribution >= 4 is 17.6 Å². The summed E-state index contributed by atoms with van der Waals surface area (Å²) in [6, 6.07) is 28.1. The fourth-order valence-electron chi connectivity index (χ4n) is 5.07. The monoisotopic (exact) mass is 496 g/mol. The van der Waals surface area contributed by atoms with E-state index in [1.54, 1.807) is 4.90 Å². The van der Waals surface area contributed by atoms with Crippen LogP contribution in [0.4, 0.5) is 0 Å². The minimum Gasteiger partial charge on any atom is -0.458 e. The van der Waals surface area contributed by atoms with Crippen molar-refractivity contribution in [3.05, 3.63) is 108 Å². The van der Waals surface area contributed by atoms with Crippen molar-refractivity contribution in [3.8, 4) is 0 Å². The van der Waals surface area contributed by atoms with Crippen LogP contribution in [0.2, 0.25) is 0 Å². The van der Waals surface area contributed by atoms with Gasteiger partial charge in [0.2, 0.25) is 5.91 Å². The second-order valence-corrected chi connectivity index (χ2v) is 10.5. The number of carbonyl (C=O) groups excluding carboxylic acids is 2. The first-order chi connectivity index (χ1) is 17.8. The van der Waals surface area contributed by atoms with Crippen molar-refractivity contribution in [3.63, 3.8) is 0 Å². The van der Waals surface area contributed by atoms with Crippen molar-refractivity contribution in [2.45, 2.75) is 51.1 Å². The first-order valence-corrected chi connectivity index (χ1v) is 12.7. The molecule has 0 spiro atoms. The van der Waals surface area contributed by atoms with E-state index in [1.165, 1.54) is 0 Å². The summed E-state index contributed by atoms with van der Waals surface area (Å²) in [5.41, 5.74) is 2.62. The predicted molar refractivity (Wildman–Crippen MR) is 142 cm³/mol. The number of nitrogens with zero attached hydrogens (tertiary/aromatic N) is 2. The van der Waals surface area contributed by atoms with Gasteiger partial charge in [-0.15, -0.1) is 0 Å². The van der Waals surface area contributed by atoms with Crippen molar-refractivity contribution in [1.29, 1.82) is 0 Å². The molecule has 0 aromatic heterocycles.